The maximum Gasteiger partial charge on any atom is 2.00 e. The Morgan fingerprint density at radius 1 is 1.38 bits per heavy atom. The van der Waals surface area contributed by atoms with Crippen molar-refractivity contribution in [2.45, 2.75) is 59.0 Å². The van der Waals surface area contributed by atoms with Gasteiger partial charge in [0.15, 0.2) is 0 Å². The molecule has 0 aliphatic rings. The Hall–Kier alpha value is 1.15. The van der Waals surface area contributed by atoms with Crippen LogP contribution in [0.1, 0.15) is 53.4 Å². The quantitative estimate of drug-likeness (QED) is 0.532. The van der Waals surface area contributed by atoms with Crippen molar-refractivity contribution in [2.24, 2.45) is 5.92 Å². The van der Waals surface area contributed by atoms with Crippen molar-refractivity contribution >= 4 is 18.5 Å². The van der Waals surface area contributed by atoms with Crippen LogP contribution in [0.5, 0.6) is 0 Å². The summed E-state index contributed by atoms with van der Waals surface area (Å²) in [4.78, 5) is 22.0. The summed E-state index contributed by atoms with van der Waals surface area (Å²) >= 11 is 4.31. The van der Waals surface area contributed by atoms with Crippen LogP contribution >= 0.6 is 6.72 Å². The Morgan fingerprint density at radius 3 is 2.19 bits per heavy atom. The van der Waals surface area contributed by atoms with E-state index in [-0.39, 0.29) is 19.5 Å². The molecular formula is C10H21O3PSZn. The fourth-order valence-electron chi connectivity index (χ4n) is 1.87. The van der Waals surface area contributed by atoms with E-state index in [1.165, 1.54) is 0 Å². The number of unbranched alkanes of at least 4 members (excludes halogenated alkanes) is 1. The fraction of sp³-hybridized carbons (Fsp3) is 1.00. The molecule has 1 atom stereocenters. The first-order valence-corrected chi connectivity index (χ1v) is 7.97. The second kappa shape index (κ2) is 8.29. The summed E-state index contributed by atoms with van der Waals surface area (Å²) in [5.41, 5.74) is -0.622. The molecule has 92 valence electrons. The average molecular weight is 318 g/mol. The second-order valence-electron chi connectivity index (χ2n) is 4.69. The van der Waals surface area contributed by atoms with Crippen LogP contribution in [-0.4, -0.2) is 5.60 Å². The van der Waals surface area contributed by atoms with E-state index >= 15 is 0 Å². The van der Waals surface area contributed by atoms with Crippen molar-refractivity contribution in [1.29, 1.82) is 0 Å². The van der Waals surface area contributed by atoms with Crippen LogP contribution in [0.15, 0.2) is 0 Å². The van der Waals surface area contributed by atoms with E-state index in [1.54, 1.807) is 0 Å². The Morgan fingerprint density at radius 2 is 1.88 bits per heavy atom. The van der Waals surface area contributed by atoms with Gasteiger partial charge in [0, 0.05) is 0 Å². The zero-order chi connectivity index (χ0) is 12.1. The first-order valence-electron chi connectivity index (χ1n) is 5.41. The standard InChI is InChI=1S/C10H23O3PS.Zn/c1-5-6-7-10(4,8-9(2)3)13-14(11,12)15;/h9H,5-8H2,1-4H3,(H2,11,12,15);/q;+2/p-2. The van der Waals surface area contributed by atoms with Gasteiger partial charge < -0.3 is 14.3 Å². The normalized spacial score (nSPS) is 15.7. The minimum atomic E-state index is -4.05. The van der Waals surface area contributed by atoms with Gasteiger partial charge in [-0.2, -0.15) is 0 Å². The van der Waals surface area contributed by atoms with E-state index in [0.717, 1.165) is 25.7 Å². The van der Waals surface area contributed by atoms with Gasteiger partial charge in [-0.1, -0.05) is 40.3 Å². The van der Waals surface area contributed by atoms with Crippen LogP contribution in [0.2, 0.25) is 0 Å². The van der Waals surface area contributed by atoms with Gasteiger partial charge in [-0.15, -0.1) is 11.8 Å². The van der Waals surface area contributed by atoms with Gasteiger partial charge in [0.2, 0.25) is 0 Å². The molecule has 0 saturated heterocycles. The maximum absolute atomic E-state index is 11.0. The average Bonchev–Trinajstić information content (AvgIpc) is 1.95. The molecule has 0 saturated carbocycles. The molecule has 0 spiro atoms. The Balaban J connectivity index is 0. The zero-order valence-corrected chi connectivity index (χ0v) is 15.4. The second-order valence-corrected chi connectivity index (χ2v) is 7.11. The molecule has 0 aliphatic heterocycles. The van der Waals surface area contributed by atoms with Gasteiger partial charge in [0.1, 0.15) is 0 Å². The van der Waals surface area contributed by atoms with E-state index in [1.807, 2.05) is 20.8 Å². The topological polar surface area (TPSA) is 55.3 Å². The van der Waals surface area contributed by atoms with Gasteiger partial charge in [-0.3, -0.25) is 0 Å². The third-order valence-electron chi connectivity index (χ3n) is 2.23. The third-order valence-corrected chi connectivity index (χ3v) is 3.12. The van der Waals surface area contributed by atoms with Crippen LogP contribution in [0, 0.1) is 5.92 Å². The Labute approximate surface area is 117 Å². The maximum atomic E-state index is 11.0. The fourth-order valence-corrected chi connectivity index (χ4v) is 3.11. The summed E-state index contributed by atoms with van der Waals surface area (Å²) < 4.78 is 5.05. The molecule has 3 nitrogen and oxygen atoms in total. The zero-order valence-electron chi connectivity index (χ0n) is 10.7. The third kappa shape index (κ3) is 10.3. The largest absolute Gasteiger partial charge is 2.00 e. The van der Waals surface area contributed by atoms with Crippen molar-refractivity contribution in [1.82, 2.24) is 0 Å². The van der Waals surface area contributed by atoms with Crippen molar-refractivity contribution in [3.8, 4) is 0 Å². The monoisotopic (exact) mass is 316 g/mol. The van der Waals surface area contributed by atoms with Crippen molar-refractivity contribution < 1.29 is 33.8 Å². The predicted octanol–water partition coefficient (Wildman–Crippen LogP) is 1.94. The van der Waals surface area contributed by atoms with Gasteiger partial charge in [-0.05, 0) is 25.7 Å². The van der Waals surface area contributed by atoms with E-state index in [4.69, 9.17) is 4.52 Å². The molecule has 0 aliphatic carbocycles. The molecule has 0 amide bonds. The van der Waals surface area contributed by atoms with Crippen LogP contribution in [-0.2, 0) is 35.8 Å². The minimum absolute atomic E-state index is 0. The first-order chi connectivity index (χ1) is 6.68. The molecule has 0 aromatic carbocycles. The molecule has 0 rings (SSSR count). The minimum Gasteiger partial charge on any atom is -0.812 e. The van der Waals surface area contributed by atoms with Gasteiger partial charge in [0.05, 0.1) is 5.60 Å². The summed E-state index contributed by atoms with van der Waals surface area (Å²) in [6.07, 6.45) is 3.44. The molecular weight excluding hydrogens is 297 g/mol. The SMILES string of the molecule is CCCCC(C)(CC(C)C)OP([O-])([O-])=S.[Zn+2]. The number of hydrogen-bond donors (Lipinski definition) is 0. The first kappa shape index (κ1) is 19.5. The molecule has 0 aromatic heterocycles. The summed E-state index contributed by atoms with van der Waals surface area (Å²) in [6.45, 7) is 3.95. The van der Waals surface area contributed by atoms with Crippen molar-refractivity contribution in [3.05, 3.63) is 0 Å². The summed E-state index contributed by atoms with van der Waals surface area (Å²) in [7, 11) is 0. The molecule has 0 radical (unpaired) electrons. The molecule has 0 N–H and O–H groups in total. The predicted molar refractivity (Wildman–Crippen MR) is 62.8 cm³/mol. The summed E-state index contributed by atoms with van der Waals surface area (Å²) in [5, 5.41) is 0. The smallest absolute Gasteiger partial charge is 0.812 e. The molecule has 1 unspecified atom stereocenters. The van der Waals surface area contributed by atoms with E-state index in [9.17, 15) is 9.79 Å². The molecule has 0 heterocycles. The van der Waals surface area contributed by atoms with E-state index in [0.29, 0.717) is 5.92 Å². The van der Waals surface area contributed by atoms with E-state index < -0.39 is 12.3 Å². The van der Waals surface area contributed by atoms with Crippen molar-refractivity contribution in [2.75, 3.05) is 0 Å². The van der Waals surface area contributed by atoms with Gasteiger partial charge >= 0.3 is 19.5 Å². The van der Waals surface area contributed by atoms with E-state index in [2.05, 4.69) is 18.7 Å². The molecule has 0 fully saturated rings. The Bertz CT molecular complexity index is 232. The summed E-state index contributed by atoms with van der Waals surface area (Å²) in [6, 6.07) is 0. The van der Waals surface area contributed by atoms with Gasteiger partial charge in [0.25, 0.3) is 0 Å². The summed E-state index contributed by atoms with van der Waals surface area (Å²) in [5.74, 6) is 0.397. The van der Waals surface area contributed by atoms with Crippen molar-refractivity contribution in [3.63, 3.8) is 0 Å². The molecule has 16 heavy (non-hydrogen) atoms. The van der Waals surface area contributed by atoms with Gasteiger partial charge in [-0.25, -0.2) is 0 Å². The number of hydrogen-bond acceptors (Lipinski definition) is 4. The van der Waals surface area contributed by atoms with Crippen LogP contribution < -0.4 is 9.79 Å². The molecule has 6 heteroatoms. The Kier molecular flexibility index (Phi) is 10.1. The van der Waals surface area contributed by atoms with Crippen LogP contribution in [0.25, 0.3) is 0 Å². The van der Waals surface area contributed by atoms with Crippen LogP contribution in [0.3, 0.4) is 0 Å². The molecule has 0 bridgehead atoms. The van der Waals surface area contributed by atoms with Crippen LogP contribution in [0.4, 0.5) is 0 Å². The number of rotatable bonds is 7. The molecule has 0 aromatic rings.